The van der Waals surface area contributed by atoms with Crippen LogP contribution in [0.4, 0.5) is 0 Å². The Morgan fingerprint density at radius 1 is 1.54 bits per heavy atom. The number of methoxy groups -OCH3 is 2. The molecule has 0 aromatic carbocycles. The first-order valence-electron chi connectivity index (χ1n) is 3.61. The highest BCUT2D eigenvalue weighted by Gasteiger charge is 2.20. The number of carbonyl (C=O) groups is 1. The lowest BCUT2D eigenvalue weighted by Crippen LogP contribution is -2.45. The smallest absolute Gasteiger partial charge is 0.381 e. The van der Waals surface area contributed by atoms with Crippen LogP contribution >= 0.6 is 0 Å². The molecule has 5 nitrogen and oxygen atoms in total. The van der Waals surface area contributed by atoms with E-state index in [0.717, 1.165) is 0 Å². The third kappa shape index (κ3) is 5.20. The Morgan fingerprint density at radius 2 is 2.08 bits per heavy atom. The average molecular weight is 187 g/mol. The molecule has 0 unspecified atom stereocenters. The third-order valence-electron chi connectivity index (χ3n) is 1.47. The highest BCUT2D eigenvalue weighted by molar-refractivity contribution is 5.86. The van der Waals surface area contributed by atoms with Crippen molar-refractivity contribution in [1.82, 2.24) is 5.32 Å². The highest BCUT2D eigenvalue weighted by atomic mass is 16.7. The van der Waals surface area contributed by atoms with Gasteiger partial charge in [-0.15, -0.1) is 0 Å². The molecule has 0 bridgehead atoms. The van der Waals surface area contributed by atoms with Crippen LogP contribution in [0.3, 0.4) is 0 Å². The normalized spacial score (nSPS) is 10.4. The van der Waals surface area contributed by atoms with Crippen LogP contribution in [0, 0.1) is 11.8 Å². The Balaban J connectivity index is 3.89. The monoisotopic (exact) mass is 187 g/mol. The van der Waals surface area contributed by atoms with Crippen LogP contribution in [-0.4, -0.2) is 37.8 Å². The predicted molar refractivity (Wildman–Crippen MR) is 45.8 cm³/mol. The maximum atomic E-state index is 10.00. The van der Waals surface area contributed by atoms with Gasteiger partial charge in [-0.25, -0.2) is 4.79 Å². The van der Waals surface area contributed by atoms with Gasteiger partial charge in [-0.05, 0) is 0 Å². The van der Waals surface area contributed by atoms with Gasteiger partial charge >= 0.3 is 5.97 Å². The standard InChI is InChI=1S/C8H13NO4/c1-8(12-2,13-3)9-6-4-5-7(10)11/h9H,6H2,1-3H3,(H,10,11). The fourth-order valence-electron chi connectivity index (χ4n) is 0.552. The van der Waals surface area contributed by atoms with Gasteiger partial charge in [-0.3, -0.25) is 5.32 Å². The zero-order chi connectivity index (χ0) is 10.3. The summed E-state index contributed by atoms with van der Waals surface area (Å²) in [4.78, 5) is 10.00. The maximum absolute atomic E-state index is 10.00. The molecule has 0 radical (unpaired) electrons. The Hall–Kier alpha value is -1.09. The zero-order valence-corrected chi connectivity index (χ0v) is 7.88. The molecule has 0 aliphatic rings. The van der Waals surface area contributed by atoms with Crippen molar-refractivity contribution >= 4 is 5.97 Å². The number of nitrogens with one attached hydrogen (secondary N) is 1. The van der Waals surface area contributed by atoms with Crippen molar-refractivity contribution in [2.24, 2.45) is 0 Å². The minimum atomic E-state index is -1.15. The molecule has 0 amide bonds. The quantitative estimate of drug-likeness (QED) is 0.464. The van der Waals surface area contributed by atoms with Gasteiger partial charge in [0.1, 0.15) is 0 Å². The summed E-state index contributed by atoms with van der Waals surface area (Å²) in [7, 11) is 2.95. The van der Waals surface area contributed by atoms with Crippen LogP contribution in [0.2, 0.25) is 0 Å². The summed E-state index contributed by atoms with van der Waals surface area (Å²) in [5, 5.41) is 11.0. The number of hydrogen-bond acceptors (Lipinski definition) is 4. The molecule has 74 valence electrons. The van der Waals surface area contributed by atoms with Crippen molar-refractivity contribution < 1.29 is 19.4 Å². The van der Waals surface area contributed by atoms with Crippen LogP contribution in [0.5, 0.6) is 0 Å². The van der Waals surface area contributed by atoms with Crippen LogP contribution in [0.25, 0.3) is 0 Å². The molecule has 0 spiro atoms. The molecule has 0 saturated carbocycles. The fraction of sp³-hybridized carbons (Fsp3) is 0.625. The van der Waals surface area contributed by atoms with Gasteiger partial charge in [0.2, 0.25) is 5.91 Å². The number of hydrogen-bond donors (Lipinski definition) is 2. The molecule has 0 atom stereocenters. The summed E-state index contributed by atoms with van der Waals surface area (Å²) in [5.74, 6) is 2.27. The minimum absolute atomic E-state index is 0.185. The molecule has 0 aliphatic heterocycles. The van der Waals surface area contributed by atoms with E-state index in [1.165, 1.54) is 14.2 Å². The van der Waals surface area contributed by atoms with Crippen molar-refractivity contribution in [3.8, 4) is 11.8 Å². The number of carboxylic acid groups (broad SMARTS) is 1. The summed E-state index contributed by atoms with van der Waals surface area (Å²) in [6.07, 6.45) is 0. The molecule has 0 saturated heterocycles. The van der Waals surface area contributed by atoms with Gasteiger partial charge in [-0.1, -0.05) is 5.92 Å². The first kappa shape index (κ1) is 11.9. The molecule has 0 aliphatic carbocycles. The number of rotatable bonds is 4. The van der Waals surface area contributed by atoms with Crippen molar-refractivity contribution in [2.45, 2.75) is 12.8 Å². The molecule has 0 fully saturated rings. The van der Waals surface area contributed by atoms with Crippen LogP contribution in [0.1, 0.15) is 6.92 Å². The summed E-state index contributed by atoms with van der Waals surface area (Å²) in [6.45, 7) is 1.85. The second kappa shape index (κ2) is 5.54. The molecular formula is C8H13NO4. The van der Waals surface area contributed by atoms with Crippen molar-refractivity contribution in [2.75, 3.05) is 20.8 Å². The van der Waals surface area contributed by atoms with Crippen LogP contribution in [0.15, 0.2) is 0 Å². The van der Waals surface area contributed by atoms with E-state index in [2.05, 4.69) is 11.2 Å². The summed E-state index contributed by atoms with van der Waals surface area (Å²) < 4.78 is 9.89. The van der Waals surface area contributed by atoms with Crippen molar-refractivity contribution in [3.63, 3.8) is 0 Å². The van der Waals surface area contributed by atoms with Gasteiger partial charge < -0.3 is 14.6 Å². The Labute approximate surface area is 77.0 Å². The van der Waals surface area contributed by atoms with E-state index in [1.54, 1.807) is 6.92 Å². The number of aliphatic carboxylic acids is 1. The predicted octanol–water partition coefficient (Wildman–Crippen LogP) is -0.369. The van der Waals surface area contributed by atoms with E-state index < -0.39 is 11.9 Å². The van der Waals surface area contributed by atoms with E-state index in [4.69, 9.17) is 14.6 Å². The Kier molecular flexibility index (Phi) is 5.07. The van der Waals surface area contributed by atoms with E-state index in [-0.39, 0.29) is 6.54 Å². The number of ether oxygens (including phenoxy) is 2. The minimum Gasteiger partial charge on any atom is -0.472 e. The number of carboxylic acids is 1. The van der Waals surface area contributed by atoms with Crippen LogP contribution < -0.4 is 5.32 Å². The van der Waals surface area contributed by atoms with Gasteiger partial charge in [0.25, 0.3) is 0 Å². The lowest BCUT2D eigenvalue weighted by atomic mass is 10.5. The highest BCUT2D eigenvalue weighted by Crippen LogP contribution is 2.02. The van der Waals surface area contributed by atoms with E-state index >= 15 is 0 Å². The summed E-state index contributed by atoms with van der Waals surface area (Å²) in [6, 6.07) is 0. The van der Waals surface area contributed by atoms with Gasteiger partial charge in [-0.2, -0.15) is 0 Å². The van der Waals surface area contributed by atoms with Crippen molar-refractivity contribution in [3.05, 3.63) is 0 Å². The molecule has 0 heterocycles. The molecule has 0 aromatic rings. The van der Waals surface area contributed by atoms with Gasteiger partial charge in [0.05, 0.1) is 6.54 Å². The largest absolute Gasteiger partial charge is 0.472 e. The zero-order valence-electron chi connectivity index (χ0n) is 7.88. The van der Waals surface area contributed by atoms with Crippen LogP contribution in [-0.2, 0) is 14.3 Å². The third-order valence-corrected chi connectivity index (χ3v) is 1.47. The average Bonchev–Trinajstić information content (AvgIpc) is 2.12. The fourth-order valence-corrected chi connectivity index (χ4v) is 0.552. The van der Waals surface area contributed by atoms with E-state index in [1.807, 2.05) is 5.92 Å². The molecule has 2 N–H and O–H groups in total. The topological polar surface area (TPSA) is 67.8 Å². The van der Waals surface area contributed by atoms with Crippen molar-refractivity contribution in [1.29, 1.82) is 0 Å². The summed E-state index contributed by atoms with van der Waals surface area (Å²) >= 11 is 0. The van der Waals surface area contributed by atoms with E-state index in [9.17, 15) is 4.79 Å². The SMILES string of the molecule is COC(C)(NCC#CC(=O)O)OC. The Morgan fingerprint density at radius 3 is 2.46 bits per heavy atom. The lowest BCUT2D eigenvalue weighted by molar-refractivity contribution is -0.212. The first-order valence-corrected chi connectivity index (χ1v) is 3.61. The molecule has 0 aromatic heterocycles. The maximum Gasteiger partial charge on any atom is 0.381 e. The lowest BCUT2D eigenvalue weighted by Gasteiger charge is -2.26. The van der Waals surface area contributed by atoms with E-state index in [0.29, 0.717) is 0 Å². The molecule has 13 heavy (non-hydrogen) atoms. The Bertz CT molecular complexity index is 224. The summed E-state index contributed by atoms with van der Waals surface area (Å²) in [5.41, 5.74) is 0. The molecule has 5 heteroatoms. The second-order valence-electron chi connectivity index (χ2n) is 2.31. The van der Waals surface area contributed by atoms with Gasteiger partial charge in [0.15, 0.2) is 0 Å². The molecular weight excluding hydrogens is 174 g/mol. The second-order valence-corrected chi connectivity index (χ2v) is 2.31. The van der Waals surface area contributed by atoms with Gasteiger partial charge in [0, 0.05) is 27.1 Å². The first-order chi connectivity index (χ1) is 6.04. The molecule has 0 rings (SSSR count).